The second-order valence-corrected chi connectivity index (χ2v) is 8.69. The zero-order chi connectivity index (χ0) is 17.6. The topological polar surface area (TPSA) is 68.0 Å². The van der Waals surface area contributed by atoms with Crippen molar-refractivity contribution in [1.29, 1.82) is 0 Å². The summed E-state index contributed by atoms with van der Waals surface area (Å²) in [6.07, 6.45) is 6.86. The summed E-state index contributed by atoms with van der Waals surface area (Å²) >= 11 is 3.05. The Morgan fingerprint density at radius 1 is 1.44 bits per heavy atom. The van der Waals surface area contributed by atoms with Crippen LogP contribution in [0.1, 0.15) is 50.0 Å². The number of aromatic nitrogens is 2. The summed E-state index contributed by atoms with van der Waals surface area (Å²) in [5, 5.41) is 11.6. The van der Waals surface area contributed by atoms with Crippen LogP contribution in [0.2, 0.25) is 0 Å². The second-order valence-electron chi connectivity index (χ2n) is 6.63. The van der Waals surface area contributed by atoms with E-state index in [1.165, 1.54) is 28.6 Å². The van der Waals surface area contributed by atoms with Gasteiger partial charge in [-0.1, -0.05) is 38.5 Å². The zero-order valence-electron chi connectivity index (χ0n) is 14.8. The highest BCUT2D eigenvalue weighted by atomic mass is 32.2. The molecule has 1 aliphatic rings. The van der Waals surface area contributed by atoms with Crippen molar-refractivity contribution in [3.8, 4) is 10.8 Å². The first-order valence-corrected chi connectivity index (χ1v) is 10.8. The maximum absolute atomic E-state index is 11.8. The Morgan fingerprint density at radius 3 is 3.16 bits per heavy atom. The van der Waals surface area contributed by atoms with Crippen molar-refractivity contribution in [3.05, 3.63) is 16.5 Å². The van der Waals surface area contributed by atoms with E-state index in [4.69, 9.17) is 4.42 Å². The Morgan fingerprint density at radius 2 is 2.32 bits per heavy atom. The van der Waals surface area contributed by atoms with Gasteiger partial charge in [-0.2, -0.15) is 0 Å². The van der Waals surface area contributed by atoms with Gasteiger partial charge in [-0.3, -0.25) is 4.79 Å². The Labute approximate surface area is 157 Å². The highest BCUT2D eigenvalue weighted by Gasteiger charge is 2.21. The van der Waals surface area contributed by atoms with E-state index in [0.717, 1.165) is 49.4 Å². The molecule has 0 aliphatic heterocycles. The van der Waals surface area contributed by atoms with Gasteiger partial charge in [-0.25, -0.2) is 0 Å². The third-order valence-corrected chi connectivity index (χ3v) is 6.42. The van der Waals surface area contributed by atoms with Crippen LogP contribution in [0, 0.1) is 5.92 Å². The van der Waals surface area contributed by atoms with Crippen molar-refractivity contribution >= 4 is 29.0 Å². The largest absolute Gasteiger partial charge is 0.410 e. The highest BCUT2D eigenvalue weighted by Crippen LogP contribution is 2.37. The predicted octanol–water partition coefficient (Wildman–Crippen LogP) is 4.32. The van der Waals surface area contributed by atoms with Crippen LogP contribution in [0.25, 0.3) is 10.8 Å². The molecular formula is C18H25N3O2S2. The van der Waals surface area contributed by atoms with Gasteiger partial charge in [0.2, 0.25) is 5.91 Å². The van der Waals surface area contributed by atoms with Crippen molar-refractivity contribution in [3.63, 3.8) is 0 Å². The summed E-state index contributed by atoms with van der Waals surface area (Å²) in [6, 6.07) is 2.19. The molecule has 0 bridgehead atoms. The molecule has 0 fully saturated rings. The second kappa shape index (κ2) is 8.85. The maximum Gasteiger partial charge on any atom is 0.277 e. The van der Waals surface area contributed by atoms with Crippen molar-refractivity contribution in [2.24, 2.45) is 5.92 Å². The number of amides is 1. The summed E-state index contributed by atoms with van der Waals surface area (Å²) in [5.74, 6) is 1.64. The zero-order valence-corrected chi connectivity index (χ0v) is 16.5. The van der Waals surface area contributed by atoms with Crippen LogP contribution < -0.4 is 5.32 Å². The smallest absolute Gasteiger partial charge is 0.277 e. The van der Waals surface area contributed by atoms with Gasteiger partial charge in [-0.05, 0) is 43.2 Å². The molecule has 136 valence electrons. The Hall–Kier alpha value is -1.34. The van der Waals surface area contributed by atoms with Crippen LogP contribution in [0.5, 0.6) is 0 Å². The van der Waals surface area contributed by atoms with E-state index >= 15 is 0 Å². The molecule has 0 saturated heterocycles. The standard InChI is InChI=1S/C18H25N3O2S2/c1-3-4-5-8-19-16(22)11-24-18-21-20-17(23-18)15-10-13-9-12(2)6-7-14(13)25-15/h10,12H,3-9,11H2,1-2H3,(H,19,22)/t12-/m0/s1. The number of aryl methyl sites for hydroxylation is 1. The van der Waals surface area contributed by atoms with E-state index in [2.05, 4.69) is 35.4 Å². The minimum atomic E-state index is 0.0152. The molecule has 7 heteroatoms. The Balaban J connectivity index is 1.52. The minimum Gasteiger partial charge on any atom is -0.410 e. The molecule has 0 saturated carbocycles. The average molecular weight is 380 g/mol. The molecule has 3 rings (SSSR count). The fourth-order valence-corrected chi connectivity index (χ4v) is 4.68. The van der Waals surface area contributed by atoms with Crippen LogP contribution in [0.15, 0.2) is 15.7 Å². The van der Waals surface area contributed by atoms with E-state index in [9.17, 15) is 4.79 Å². The molecule has 2 heterocycles. The van der Waals surface area contributed by atoms with Crippen LogP contribution in [-0.4, -0.2) is 28.4 Å². The van der Waals surface area contributed by atoms with Crippen molar-refractivity contribution < 1.29 is 9.21 Å². The van der Waals surface area contributed by atoms with Gasteiger partial charge < -0.3 is 9.73 Å². The molecule has 2 aromatic heterocycles. The summed E-state index contributed by atoms with van der Waals surface area (Å²) in [4.78, 5) is 14.3. The fraction of sp³-hybridized carbons (Fsp3) is 0.611. The minimum absolute atomic E-state index is 0.0152. The quantitative estimate of drug-likeness (QED) is 0.546. The van der Waals surface area contributed by atoms with Crippen molar-refractivity contribution in [1.82, 2.24) is 15.5 Å². The molecule has 1 aliphatic carbocycles. The normalized spacial score (nSPS) is 16.6. The SMILES string of the molecule is CCCCCNC(=O)CSc1nnc(-c2cc3c(s2)CC[C@H](C)C3)o1. The average Bonchev–Trinajstić information content (AvgIpc) is 3.23. The molecule has 0 radical (unpaired) electrons. The first-order valence-electron chi connectivity index (χ1n) is 9.00. The van der Waals surface area contributed by atoms with Gasteiger partial charge in [-0.15, -0.1) is 21.5 Å². The number of thioether (sulfide) groups is 1. The van der Waals surface area contributed by atoms with E-state index < -0.39 is 0 Å². The van der Waals surface area contributed by atoms with E-state index in [1.54, 1.807) is 11.3 Å². The molecule has 0 unspecified atom stereocenters. The van der Waals surface area contributed by atoms with Crippen molar-refractivity contribution in [2.75, 3.05) is 12.3 Å². The van der Waals surface area contributed by atoms with E-state index in [1.807, 2.05) is 0 Å². The van der Waals surface area contributed by atoms with Crippen LogP contribution >= 0.6 is 23.1 Å². The van der Waals surface area contributed by atoms with Gasteiger partial charge >= 0.3 is 0 Å². The van der Waals surface area contributed by atoms with Crippen LogP contribution in [-0.2, 0) is 17.6 Å². The number of hydrogen-bond donors (Lipinski definition) is 1. The lowest BCUT2D eigenvalue weighted by Gasteiger charge is -2.16. The van der Waals surface area contributed by atoms with Gasteiger partial charge in [0.25, 0.3) is 11.1 Å². The number of nitrogens with zero attached hydrogens (tertiary/aromatic N) is 2. The lowest BCUT2D eigenvalue weighted by Crippen LogP contribution is -2.26. The maximum atomic E-state index is 11.8. The first-order chi connectivity index (χ1) is 12.2. The third-order valence-electron chi connectivity index (χ3n) is 4.38. The van der Waals surface area contributed by atoms with Crippen LogP contribution in [0.3, 0.4) is 0 Å². The number of thiophene rings is 1. The number of fused-ring (bicyclic) bond motifs is 1. The number of carbonyl (C=O) groups excluding carboxylic acids is 1. The number of nitrogens with one attached hydrogen (secondary N) is 1. The summed E-state index contributed by atoms with van der Waals surface area (Å²) in [7, 11) is 0. The van der Waals surface area contributed by atoms with E-state index in [-0.39, 0.29) is 5.91 Å². The number of rotatable bonds is 8. The van der Waals surface area contributed by atoms with Gasteiger partial charge in [0.1, 0.15) is 0 Å². The Kier molecular flexibility index (Phi) is 6.53. The lowest BCUT2D eigenvalue weighted by atomic mass is 9.90. The number of unbranched alkanes of at least 4 members (excludes halogenated alkanes) is 2. The molecular weight excluding hydrogens is 354 g/mol. The summed E-state index contributed by atoms with van der Waals surface area (Å²) < 4.78 is 5.74. The van der Waals surface area contributed by atoms with Gasteiger partial charge in [0.05, 0.1) is 10.6 Å². The molecule has 5 nitrogen and oxygen atoms in total. The molecule has 1 N–H and O–H groups in total. The lowest BCUT2D eigenvalue weighted by molar-refractivity contribution is -0.118. The van der Waals surface area contributed by atoms with Crippen molar-refractivity contribution in [2.45, 2.75) is 57.6 Å². The predicted molar refractivity (Wildman–Crippen MR) is 102 cm³/mol. The molecule has 0 aromatic carbocycles. The molecule has 1 atom stereocenters. The monoisotopic (exact) mass is 379 g/mol. The summed E-state index contributed by atoms with van der Waals surface area (Å²) in [5.41, 5.74) is 1.43. The van der Waals surface area contributed by atoms with Gasteiger partial charge in [0.15, 0.2) is 0 Å². The first kappa shape index (κ1) is 18.5. The van der Waals surface area contributed by atoms with Crippen LogP contribution in [0.4, 0.5) is 0 Å². The van der Waals surface area contributed by atoms with Gasteiger partial charge in [0, 0.05) is 11.4 Å². The fourth-order valence-electron chi connectivity index (χ4n) is 2.96. The summed E-state index contributed by atoms with van der Waals surface area (Å²) in [6.45, 7) is 5.19. The number of carbonyl (C=O) groups is 1. The molecule has 1 amide bonds. The third kappa shape index (κ3) is 5.07. The Bertz CT molecular complexity index is 711. The number of hydrogen-bond acceptors (Lipinski definition) is 6. The van der Waals surface area contributed by atoms with E-state index in [0.29, 0.717) is 16.9 Å². The molecule has 25 heavy (non-hydrogen) atoms. The molecule has 0 spiro atoms. The molecule has 2 aromatic rings. The highest BCUT2D eigenvalue weighted by molar-refractivity contribution is 7.99.